The summed E-state index contributed by atoms with van der Waals surface area (Å²) in [7, 11) is 3.81. The third-order valence-electron chi connectivity index (χ3n) is 1.85. The van der Waals surface area contributed by atoms with Gasteiger partial charge >= 0.3 is 0 Å². The van der Waals surface area contributed by atoms with Crippen molar-refractivity contribution in [2.24, 2.45) is 0 Å². The molecule has 0 fully saturated rings. The zero-order valence-electron chi connectivity index (χ0n) is 9.44. The van der Waals surface area contributed by atoms with E-state index in [0.29, 0.717) is 19.0 Å². The average molecular weight is 210 g/mol. The molecule has 0 aromatic carbocycles. The highest BCUT2D eigenvalue weighted by Gasteiger charge is 2.01. The molecule has 0 radical (unpaired) electrons. The van der Waals surface area contributed by atoms with Crippen LogP contribution in [0.3, 0.4) is 0 Å². The average Bonchev–Trinajstić information content (AvgIpc) is 2.17. The van der Waals surface area contributed by atoms with Crippen molar-refractivity contribution in [3.63, 3.8) is 0 Å². The van der Waals surface area contributed by atoms with Crippen molar-refractivity contribution in [1.82, 2.24) is 15.3 Å². The van der Waals surface area contributed by atoms with Crippen molar-refractivity contribution in [2.75, 3.05) is 25.5 Å². The fourth-order valence-corrected chi connectivity index (χ4v) is 1.11. The second-order valence-electron chi connectivity index (χ2n) is 3.72. The van der Waals surface area contributed by atoms with E-state index in [1.807, 2.05) is 25.1 Å². The van der Waals surface area contributed by atoms with Gasteiger partial charge in [-0.25, -0.2) is 9.97 Å². The lowest BCUT2D eigenvalue weighted by Gasteiger charge is -2.11. The minimum absolute atomic E-state index is 0.333. The molecule has 0 saturated heterocycles. The highest BCUT2D eigenvalue weighted by atomic mass is 16.3. The Hall–Kier alpha value is -1.20. The molecule has 0 aliphatic rings. The van der Waals surface area contributed by atoms with Crippen LogP contribution < -0.4 is 10.2 Å². The highest BCUT2D eigenvalue weighted by Crippen LogP contribution is 2.02. The van der Waals surface area contributed by atoms with Crippen LogP contribution in [0.1, 0.15) is 12.6 Å². The normalized spacial score (nSPS) is 12.5. The van der Waals surface area contributed by atoms with Crippen molar-refractivity contribution in [2.45, 2.75) is 19.6 Å². The first kappa shape index (κ1) is 11.9. The Morgan fingerprint density at radius 3 is 2.87 bits per heavy atom. The number of anilines is 1. The SMILES string of the molecule is C[C@@H](O)CNCc1ccnc(N(C)C)n1. The van der Waals surface area contributed by atoms with Crippen molar-refractivity contribution < 1.29 is 5.11 Å². The van der Waals surface area contributed by atoms with Crippen molar-refractivity contribution in [3.05, 3.63) is 18.0 Å². The third-order valence-corrected chi connectivity index (χ3v) is 1.85. The van der Waals surface area contributed by atoms with Gasteiger partial charge in [0.2, 0.25) is 5.95 Å². The van der Waals surface area contributed by atoms with Gasteiger partial charge in [0, 0.05) is 33.4 Å². The third kappa shape index (κ3) is 4.22. The monoisotopic (exact) mass is 210 g/mol. The van der Waals surface area contributed by atoms with Gasteiger partial charge in [0.25, 0.3) is 0 Å². The molecule has 5 heteroatoms. The number of rotatable bonds is 5. The van der Waals surface area contributed by atoms with E-state index in [0.717, 1.165) is 5.69 Å². The largest absolute Gasteiger partial charge is 0.392 e. The van der Waals surface area contributed by atoms with Gasteiger partial charge in [-0.2, -0.15) is 0 Å². The van der Waals surface area contributed by atoms with Crippen LogP contribution in [0.4, 0.5) is 5.95 Å². The molecule has 1 atom stereocenters. The molecule has 0 spiro atoms. The van der Waals surface area contributed by atoms with E-state index in [-0.39, 0.29) is 6.10 Å². The van der Waals surface area contributed by atoms with Crippen molar-refractivity contribution >= 4 is 5.95 Å². The predicted octanol–water partition coefficient (Wildman–Crippen LogP) is 0.0130. The number of hydrogen-bond donors (Lipinski definition) is 2. The second kappa shape index (κ2) is 5.63. The van der Waals surface area contributed by atoms with Crippen LogP contribution in [-0.4, -0.2) is 41.8 Å². The summed E-state index contributed by atoms with van der Waals surface area (Å²) in [6, 6.07) is 1.86. The number of aromatic nitrogens is 2. The smallest absolute Gasteiger partial charge is 0.225 e. The van der Waals surface area contributed by atoms with Gasteiger partial charge in [0.15, 0.2) is 0 Å². The zero-order chi connectivity index (χ0) is 11.3. The maximum absolute atomic E-state index is 9.07. The van der Waals surface area contributed by atoms with Crippen LogP contribution >= 0.6 is 0 Å². The highest BCUT2D eigenvalue weighted by molar-refractivity contribution is 5.26. The molecule has 1 heterocycles. The first-order chi connectivity index (χ1) is 7.09. The van der Waals surface area contributed by atoms with E-state index in [1.54, 1.807) is 13.1 Å². The number of nitrogens with one attached hydrogen (secondary N) is 1. The fraction of sp³-hybridized carbons (Fsp3) is 0.600. The lowest BCUT2D eigenvalue weighted by molar-refractivity contribution is 0.191. The second-order valence-corrected chi connectivity index (χ2v) is 3.72. The Labute approximate surface area is 90.2 Å². The van der Waals surface area contributed by atoms with Crippen molar-refractivity contribution in [3.8, 4) is 0 Å². The molecule has 0 amide bonds. The number of nitrogens with zero attached hydrogens (tertiary/aromatic N) is 3. The Balaban J connectivity index is 2.50. The lowest BCUT2D eigenvalue weighted by atomic mass is 10.3. The van der Waals surface area contributed by atoms with Crippen LogP contribution in [0.2, 0.25) is 0 Å². The summed E-state index contributed by atoms with van der Waals surface area (Å²) in [6.45, 7) is 2.97. The van der Waals surface area contributed by atoms with E-state index in [2.05, 4.69) is 15.3 Å². The van der Waals surface area contributed by atoms with Gasteiger partial charge in [-0.3, -0.25) is 0 Å². The summed E-state index contributed by atoms with van der Waals surface area (Å²) in [6.07, 6.45) is 1.40. The molecule has 84 valence electrons. The molecule has 1 aromatic rings. The standard InChI is InChI=1S/C10H18N4O/c1-8(15)6-11-7-9-4-5-12-10(13-9)14(2)3/h4-5,8,11,15H,6-7H2,1-3H3/t8-/m1/s1. The number of hydrogen-bond acceptors (Lipinski definition) is 5. The van der Waals surface area contributed by atoms with E-state index in [4.69, 9.17) is 5.11 Å². The molecule has 0 aliphatic heterocycles. The maximum Gasteiger partial charge on any atom is 0.225 e. The van der Waals surface area contributed by atoms with Gasteiger partial charge in [0.05, 0.1) is 11.8 Å². The maximum atomic E-state index is 9.07. The minimum atomic E-state index is -0.333. The summed E-state index contributed by atoms with van der Waals surface area (Å²) >= 11 is 0. The summed E-state index contributed by atoms with van der Waals surface area (Å²) in [5.74, 6) is 0.700. The molecule has 15 heavy (non-hydrogen) atoms. The van der Waals surface area contributed by atoms with Crippen LogP contribution in [0.5, 0.6) is 0 Å². The Morgan fingerprint density at radius 2 is 2.27 bits per heavy atom. The van der Waals surface area contributed by atoms with Gasteiger partial charge in [-0.1, -0.05) is 0 Å². The minimum Gasteiger partial charge on any atom is -0.392 e. The Bertz CT molecular complexity index is 301. The number of aliphatic hydroxyl groups excluding tert-OH is 1. The quantitative estimate of drug-likeness (QED) is 0.717. The van der Waals surface area contributed by atoms with E-state index in [9.17, 15) is 0 Å². The first-order valence-electron chi connectivity index (χ1n) is 4.97. The molecule has 5 nitrogen and oxygen atoms in total. The van der Waals surface area contributed by atoms with Crippen LogP contribution in [0.25, 0.3) is 0 Å². The van der Waals surface area contributed by atoms with Crippen LogP contribution in [0.15, 0.2) is 12.3 Å². The molecule has 1 aromatic heterocycles. The molecule has 2 N–H and O–H groups in total. The topological polar surface area (TPSA) is 61.3 Å². The summed E-state index contributed by atoms with van der Waals surface area (Å²) in [4.78, 5) is 10.3. The molecular weight excluding hydrogens is 192 g/mol. The van der Waals surface area contributed by atoms with Crippen molar-refractivity contribution in [1.29, 1.82) is 0 Å². The molecule has 0 bridgehead atoms. The van der Waals surface area contributed by atoms with Gasteiger partial charge in [-0.15, -0.1) is 0 Å². The first-order valence-corrected chi connectivity index (χ1v) is 4.97. The van der Waals surface area contributed by atoms with Gasteiger partial charge in [0.1, 0.15) is 0 Å². The summed E-state index contributed by atoms with van der Waals surface area (Å²) < 4.78 is 0. The summed E-state index contributed by atoms with van der Waals surface area (Å²) in [5, 5.41) is 12.2. The zero-order valence-corrected chi connectivity index (χ0v) is 9.44. The lowest BCUT2D eigenvalue weighted by Crippen LogP contribution is -2.24. The molecular formula is C10H18N4O. The summed E-state index contributed by atoms with van der Waals surface area (Å²) in [5.41, 5.74) is 0.925. The van der Waals surface area contributed by atoms with Gasteiger partial charge in [-0.05, 0) is 13.0 Å². The molecule has 0 unspecified atom stereocenters. The van der Waals surface area contributed by atoms with Gasteiger partial charge < -0.3 is 15.3 Å². The van der Waals surface area contributed by atoms with Crippen LogP contribution in [0, 0.1) is 0 Å². The fourth-order valence-electron chi connectivity index (χ4n) is 1.11. The van der Waals surface area contributed by atoms with E-state index in [1.165, 1.54) is 0 Å². The van der Waals surface area contributed by atoms with Crippen LogP contribution in [-0.2, 0) is 6.54 Å². The predicted molar refractivity (Wildman–Crippen MR) is 59.7 cm³/mol. The molecule has 0 aliphatic carbocycles. The Morgan fingerprint density at radius 1 is 1.53 bits per heavy atom. The van der Waals surface area contributed by atoms with E-state index >= 15 is 0 Å². The Kier molecular flexibility index (Phi) is 4.45. The molecule has 0 saturated carbocycles. The number of aliphatic hydroxyl groups is 1. The van der Waals surface area contributed by atoms with E-state index < -0.39 is 0 Å². The molecule has 1 rings (SSSR count).